The van der Waals surface area contributed by atoms with Crippen LogP contribution in [0, 0.1) is 6.92 Å². The first-order valence-electron chi connectivity index (χ1n) is 4.24. The van der Waals surface area contributed by atoms with Crippen molar-refractivity contribution in [1.82, 2.24) is 10.5 Å². The summed E-state index contributed by atoms with van der Waals surface area (Å²) in [5.74, 6) is 0. The molecule has 1 atom stereocenters. The van der Waals surface area contributed by atoms with Gasteiger partial charge < -0.3 is 0 Å². The molecule has 0 aliphatic heterocycles. The van der Waals surface area contributed by atoms with E-state index in [0.29, 0.717) is 0 Å². The van der Waals surface area contributed by atoms with Crippen molar-refractivity contribution in [1.29, 1.82) is 0 Å². The lowest BCUT2D eigenvalue weighted by atomic mass is 10.2. The maximum absolute atomic E-state index is 11.8. The van der Waals surface area contributed by atoms with Crippen LogP contribution in [0.2, 0.25) is 0 Å². The summed E-state index contributed by atoms with van der Waals surface area (Å²) >= 11 is 1.38. The predicted octanol–water partition coefficient (Wildman–Crippen LogP) is 2.60. The Balaban J connectivity index is 2.37. The Hall–Kier alpha value is -0.660. The fraction of sp³-hybridized carbons (Fsp3) is 0.625. The van der Waals surface area contributed by atoms with Gasteiger partial charge in [-0.2, -0.15) is 18.7 Å². The van der Waals surface area contributed by atoms with Crippen LogP contribution < -0.4 is 5.48 Å². The SMILES string of the molecule is Cc1ncsc1C(C)NOCC(F)(F)F. The molecule has 0 fully saturated rings. The van der Waals surface area contributed by atoms with Crippen LogP contribution >= 0.6 is 11.3 Å². The minimum absolute atomic E-state index is 0.292. The van der Waals surface area contributed by atoms with Crippen molar-refractivity contribution in [3.05, 3.63) is 16.1 Å². The average molecular weight is 240 g/mol. The molecule has 1 heterocycles. The molecule has 0 radical (unpaired) electrons. The van der Waals surface area contributed by atoms with Crippen LogP contribution in [0.4, 0.5) is 13.2 Å². The summed E-state index contributed by atoms with van der Waals surface area (Å²) in [5, 5.41) is 0. The Bertz CT molecular complexity index is 313. The van der Waals surface area contributed by atoms with Gasteiger partial charge >= 0.3 is 6.18 Å². The molecule has 0 amide bonds. The van der Waals surface area contributed by atoms with E-state index in [-0.39, 0.29) is 6.04 Å². The molecule has 1 N–H and O–H groups in total. The first-order valence-corrected chi connectivity index (χ1v) is 5.12. The van der Waals surface area contributed by atoms with Gasteiger partial charge in [-0.15, -0.1) is 11.3 Å². The molecule has 7 heteroatoms. The fourth-order valence-corrected chi connectivity index (χ4v) is 1.83. The van der Waals surface area contributed by atoms with Crippen LogP contribution in [-0.2, 0) is 4.84 Å². The Labute approximate surface area is 89.2 Å². The Morgan fingerprint density at radius 2 is 2.27 bits per heavy atom. The quantitative estimate of drug-likeness (QED) is 0.821. The lowest BCUT2D eigenvalue weighted by molar-refractivity contribution is -0.192. The van der Waals surface area contributed by atoms with Crippen LogP contribution in [0.5, 0.6) is 0 Å². The number of aryl methyl sites for hydroxylation is 1. The normalized spacial score (nSPS) is 14.2. The first-order chi connectivity index (χ1) is 6.90. The van der Waals surface area contributed by atoms with E-state index < -0.39 is 12.8 Å². The van der Waals surface area contributed by atoms with Crippen molar-refractivity contribution in [3.63, 3.8) is 0 Å². The van der Waals surface area contributed by atoms with E-state index >= 15 is 0 Å². The highest BCUT2D eigenvalue weighted by Crippen LogP contribution is 2.21. The summed E-state index contributed by atoms with van der Waals surface area (Å²) < 4.78 is 35.3. The highest BCUT2D eigenvalue weighted by molar-refractivity contribution is 7.09. The Morgan fingerprint density at radius 1 is 1.60 bits per heavy atom. The van der Waals surface area contributed by atoms with Crippen molar-refractivity contribution in [2.24, 2.45) is 0 Å². The minimum atomic E-state index is -4.31. The van der Waals surface area contributed by atoms with Gasteiger partial charge in [-0.25, -0.2) is 4.98 Å². The molecule has 15 heavy (non-hydrogen) atoms. The molecule has 1 rings (SSSR count). The lowest BCUT2D eigenvalue weighted by Crippen LogP contribution is -2.26. The number of nitrogens with one attached hydrogen (secondary N) is 1. The third-order valence-corrected chi connectivity index (χ3v) is 2.79. The standard InChI is InChI=1S/C8H11F3N2OS/c1-5-7(15-4-12-5)6(2)13-14-3-8(9,10)11/h4,6,13H,3H2,1-2H3. The Kier molecular flexibility index (Phi) is 4.06. The summed E-state index contributed by atoms with van der Waals surface area (Å²) in [6.45, 7) is 2.22. The molecule has 1 aromatic heterocycles. The monoisotopic (exact) mass is 240 g/mol. The number of aromatic nitrogens is 1. The molecule has 0 bridgehead atoms. The van der Waals surface area contributed by atoms with E-state index in [9.17, 15) is 13.2 Å². The molecule has 1 aromatic rings. The third kappa shape index (κ3) is 4.15. The van der Waals surface area contributed by atoms with Crippen molar-refractivity contribution >= 4 is 11.3 Å². The molecule has 3 nitrogen and oxygen atoms in total. The van der Waals surface area contributed by atoms with E-state index in [4.69, 9.17) is 0 Å². The number of hydroxylamine groups is 1. The van der Waals surface area contributed by atoms with E-state index in [2.05, 4.69) is 15.3 Å². The molecule has 0 aromatic carbocycles. The zero-order chi connectivity index (χ0) is 11.5. The van der Waals surface area contributed by atoms with E-state index in [1.165, 1.54) is 11.3 Å². The van der Waals surface area contributed by atoms with Gasteiger partial charge in [0, 0.05) is 4.88 Å². The molecule has 0 saturated carbocycles. The molecule has 86 valence electrons. The van der Waals surface area contributed by atoms with Crippen LogP contribution in [0.25, 0.3) is 0 Å². The summed E-state index contributed by atoms with van der Waals surface area (Å²) in [4.78, 5) is 9.21. The second kappa shape index (κ2) is 4.91. The summed E-state index contributed by atoms with van der Waals surface area (Å²) in [6.07, 6.45) is -4.31. The van der Waals surface area contributed by atoms with Gasteiger partial charge in [-0.3, -0.25) is 4.84 Å². The van der Waals surface area contributed by atoms with Gasteiger partial charge in [0.2, 0.25) is 0 Å². The zero-order valence-electron chi connectivity index (χ0n) is 8.26. The smallest absolute Gasteiger partial charge is 0.292 e. The summed E-state index contributed by atoms with van der Waals surface area (Å²) in [7, 11) is 0. The number of rotatable bonds is 4. The number of hydrogen-bond acceptors (Lipinski definition) is 4. The molecular weight excluding hydrogens is 229 g/mol. The van der Waals surface area contributed by atoms with Gasteiger partial charge in [0.05, 0.1) is 17.2 Å². The topological polar surface area (TPSA) is 34.2 Å². The van der Waals surface area contributed by atoms with Crippen LogP contribution in [0.1, 0.15) is 23.5 Å². The van der Waals surface area contributed by atoms with Crippen molar-refractivity contribution < 1.29 is 18.0 Å². The lowest BCUT2D eigenvalue weighted by Gasteiger charge is -2.13. The number of hydrogen-bond donors (Lipinski definition) is 1. The van der Waals surface area contributed by atoms with Gasteiger partial charge in [-0.05, 0) is 13.8 Å². The van der Waals surface area contributed by atoms with Gasteiger partial charge in [-0.1, -0.05) is 0 Å². The number of nitrogens with zero attached hydrogens (tertiary/aromatic N) is 1. The van der Waals surface area contributed by atoms with E-state index in [1.807, 2.05) is 0 Å². The zero-order valence-corrected chi connectivity index (χ0v) is 9.08. The largest absolute Gasteiger partial charge is 0.413 e. The number of thiazole rings is 1. The number of alkyl halides is 3. The van der Waals surface area contributed by atoms with Crippen molar-refractivity contribution in [2.45, 2.75) is 26.1 Å². The maximum atomic E-state index is 11.8. The van der Waals surface area contributed by atoms with Crippen LogP contribution in [-0.4, -0.2) is 17.8 Å². The fourth-order valence-electron chi connectivity index (χ4n) is 1.03. The first kappa shape index (κ1) is 12.4. The van der Waals surface area contributed by atoms with Gasteiger partial charge in [0.1, 0.15) is 0 Å². The molecular formula is C8H11F3N2OS. The molecule has 1 unspecified atom stereocenters. The second-order valence-corrected chi connectivity index (χ2v) is 3.93. The van der Waals surface area contributed by atoms with Crippen LogP contribution in [0.3, 0.4) is 0 Å². The predicted molar refractivity (Wildman–Crippen MR) is 50.4 cm³/mol. The highest BCUT2D eigenvalue weighted by atomic mass is 32.1. The van der Waals surface area contributed by atoms with Crippen molar-refractivity contribution in [3.8, 4) is 0 Å². The summed E-state index contributed by atoms with van der Waals surface area (Å²) in [5.41, 5.74) is 4.78. The maximum Gasteiger partial charge on any atom is 0.413 e. The van der Waals surface area contributed by atoms with E-state index in [0.717, 1.165) is 10.6 Å². The minimum Gasteiger partial charge on any atom is -0.292 e. The highest BCUT2D eigenvalue weighted by Gasteiger charge is 2.28. The van der Waals surface area contributed by atoms with Gasteiger partial charge in [0.25, 0.3) is 0 Å². The Morgan fingerprint density at radius 3 is 2.73 bits per heavy atom. The average Bonchev–Trinajstić information content (AvgIpc) is 2.48. The van der Waals surface area contributed by atoms with Gasteiger partial charge in [0.15, 0.2) is 6.61 Å². The number of halogens is 3. The van der Waals surface area contributed by atoms with Crippen LogP contribution in [0.15, 0.2) is 5.51 Å². The molecule has 0 aliphatic carbocycles. The molecule has 0 aliphatic rings. The molecule has 0 spiro atoms. The second-order valence-electron chi connectivity index (χ2n) is 3.05. The van der Waals surface area contributed by atoms with E-state index in [1.54, 1.807) is 19.4 Å². The van der Waals surface area contributed by atoms with Crippen molar-refractivity contribution in [2.75, 3.05) is 6.61 Å². The molecule has 0 saturated heterocycles. The summed E-state index contributed by atoms with van der Waals surface area (Å²) in [6, 6.07) is -0.292. The third-order valence-electron chi connectivity index (χ3n) is 1.67.